The van der Waals surface area contributed by atoms with E-state index >= 15 is 0 Å². The van der Waals surface area contributed by atoms with E-state index in [-0.39, 0.29) is 17.8 Å². The molecule has 0 aliphatic heterocycles. The Balaban J connectivity index is 1.72. The molecule has 1 heterocycles. The van der Waals surface area contributed by atoms with Gasteiger partial charge in [0.1, 0.15) is 11.4 Å². The summed E-state index contributed by atoms with van der Waals surface area (Å²) < 4.78 is 31.8. The molecule has 3 rings (SSSR count). The molecule has 1 aromatic heterocycles. The first-order chi connectivity index (χ1) is 9.48. The van der Waals surface area contributed by atoms with Crippen molar-refractivity contribution < 1.29 is 12.9 Å². The predicted octanol–water partition coefficient (Wildman–Crippen LogP) is 1.13. The highest BCUT2D eigenvalue weighted by atomic mass is 32.2. The molecule has 0 radical (unpaired) electrons. The van der Waals surface area contributed by atoms with E-state index in [1.165, 1.54) is 0 Å². The molecular formula is C13H17N3O3S. The summed E-state index contributed by atoms with van der Waals surface area (Å²) in [5, 5.41) is 4.56. The molecule has 108 valence electrons. The fourth-order valence-corrected chi connectivity index (χ4v) is 3.51. The Morgan fingerprint density at radius 2 is 2.10 bits per heavy atom. The lowest BCUT2D eigenvalue weighted by Crippen LogP contribution is -2.55. The Kier molecular flexibility index (Phi) is 3.27. The monoisotopic (exact) mass is 295 g/mol. The minimum atomic E-state index is -3.46. The van der Waals surface area contributed by atoms with E-state index in [0.29, 0.717) is 11.3 Å². The first kappa shape index (κ1) is 13.5. The molecule has 20 heavy (non-hydrogen) atoms. The van der Waals surface area contributed by atoms with Gasteiger partial charge >= 0.3 is 0 Å². The maximum Gasteiger partial charge on any atom is 0.217 e. The molecule has 1 aromatic carbocycles. The number of fused-ring (bicyclic) bond motifs is 1. The molecule has 1 aliphatic rings. The van der Waals surface area contributed by atoms with Gasteiger partial charge in [-0.15, -0.1) is 0 Å². The van der Waals surface area contributed by atoms with E-state index < -0.39 is 10.0 Å². The zero-order chi connectivity index (χ0) is 14.2. The van der Waals surface area contributed by atoms with Crippen LogP contribution in [0.25, 0.3) is 11.0 Å². The minimum absolute atomic E-state index is 0.194. The molecule has 0 unspecified atom stereocenters. The summed E-state index contributed by atoms with van der Waals surface area (Å²) in [5.41, 5.74) is 6.65. The average Bonchev–Trinajstić information content (AvgIpc) is 2.77. The van der Waals surface area contributed by atoms with Crippen molar-refractivity contribution in [3.63, 3.8) is 0 Å². The summed E-state index contributed by atoms with van der Waals surface area (Å²) in [6.45, 7) is 0.283. The van der Waals surface area contributed by atoms with Crippen molar-refractivity contribution in [2.75, 3.05) is 6.54 Å². The third-order valence-corrected chi connectivity index (χ3v) is 5.01. The Morgan fingerprint density at radius 1 is 1.35 bits per heavy atom. The van der Waals surface area contributed by atoms with Crippen molar-refractivity contribution in [2.45, 2.75) is 30.6 Å². The Morgan fingerprint density at radius 3 is 2.80 bits per heavy atom. The molecule has 0 bridgehead atoms. The van der Waals surface area contributed by atoms with Gasteiger partial charge in [-0.25, -0.2) is 13.1 Å². The number of para-hydroxylation sites is 1. The van der Waals surface area contributed by atoms with Gasteiger partial charge in [0.15, 0.2) is 5.58 Å². The second-order valence-corrected chi connectivity index (χ2v) is 7.23. The topological polar surface area (TPSA) is 98.2 Å². The van der Waals surface area contributed by atoms with E-state index in [2.05, 4.69) is 9.88 Å². The van der Waals surface area contributed by atoms with Crippen molar-refractivity contribution in [1.82, 2.24) is 9.88 Å². The molecule has 1 saturated carbocycles. The first-order valence-corrected chi connectivity index (χ1v) is 8.22. The van der Waals surface area contributed by atoms with Crippen molar-refractivity contribution >= 4 is 21.0 Å². The molecule has 1 fully saturated rings. The molecule has 6 nitrogen and oxygen atoms in total. The molecule has 0 spiro atoms. The smallest absolute Gasteiger partial charge is 0.217 e. The van der Waals surface area contributed by atoms with Crippen LogP contribution in [0.4, 0.5) is 0 Å². The molecule has 1 aliphatic carbocycles. The fourth-order valence-electron chi connectivity index (χ4n) is 2.33. The largest absolute Gasteiger partial charge is 0.356 e. The van der Waals surface area contributed by atoms with Crippen LogP contribution in [-0.4, -0.2) is 25.7 Å². The highest BCUT2D eigenvalue weighted by molar-refractivity contribution is 7.88. The quantitative estimate of drug-likeness (QED) is 0.861. The van der Waals surface area contributed by atoms with Crippen LogP contribution in [0.15, 0.2) is 28.8 Å². The van der Waals surface area contributed by atoms with E-state index in [1.54, 1.807) is 12.1 Å². The van der Waals surface area contributed by atoms with Crippen molar-refractivity contribution in [1.29, 1.82) is 0 Å². The van der Waals surface area contributed by atoms with Gasteiger partial charge in [-0.3, -0.25) is 0 Å². The number of sulfonamides is 1. The number of aromatic nitrogens is 1. The molecule has 2 aromatic rings. The standard InChI is InChI=1S/C13H17N3O3S/c14-13(6-3-7-13)9-15-20(17,18)8-11-10-4-1-2-5-12(10)19-16-11/h1-2,4-5,15H,3,6-9,14H2. The zero-order valence-electron chi connectivity index (χ0n) is 11.0. The van der Waals surface area contributed by atoms with Crippen molar-refractivity contribution in [2.24, 2.45) is 5.73 Å². The summed E-state index contributed by atoms with van der Waals surface area (Å²) in [6, 6.07) is 7.20. The van der Waals surface area contributed by atoms with Crippen LogP contribution in [0.2, 0.25) is 0 Å². The van der Waals surface area contributed by atoms with E-state index in [9.17, 15) is 8.42 Å². The van der Waals surface area contributed by atoms with E-state index in [1.807, 2.05) is 12.1 Å². The number of rotatable bonds is 5. The molecule has 0 amide bonds. The maximum atomic E-state index is 12.1. The van der Waals surface area contributed by atoms with E-state index in [0.717, 1.165) is 24.6 Å². The highest BCUT2D eigenvalue weighted by Crippen LogP contribution is 2.28. The van der Waals surface area contributed by atoms with Crippen molar-refractivity contribution in [3.8, 4) is 0 Å². The maximum absolute atomic E-state index is 12.1. The Bertz CT molecular complexity index is 719. The van der Waals surface area contributed by atoms with Crippen LogP contribution in [0, 0.1) is 0 Å². The lowest BCUT2D eigenvalue weighted by Gasteiger charge is -2.37. The number of nitrogens with zero attached hydrogens (tertiary/aromatic N) is 1. The van der Waals surface area contributed by atoms with Gasteiger partial charge in [0.25, 0.3) is 0 Å². The number of hydrogen-bond donors (Lipinski definition) is 2. The number of nitrogens with two attached hydrogens (primary N) is 1. The van der Waals surface area contributed by atoms with Crippen molar-refractivity contribution in [3.05, 3.63) is 30.0 Å². The zero-order valence-corrected chi connectivity index (χ0v) is 11.8. The predicted molar refractivity (Wildman–Crippen MR) is 75.4 cm³/mol. The lowest BCUT2D eigenvalue weighted by atomic mass is 9.78. The summed E-state index contributed by atoms with van der Waals surface area (Å²) in [7, 11) is -3.46. The minimum Gasteiger partial charge on any atom is -0.356 e. The van der Waals surface area contributed by atoms with Gasteiger partial charge in [-0.2, -0.15) is 0 Å². The first-order valence-electron chi connectivity index (χ1n) is 6.57. The van der Waals surface area contributed by atoms with Gasteiger partial charge in [0.2, 0.25) is 10.0 Å². The van der Waals surface area contributed by atoms with Gasteiger partial charge in [0.05, 0.1) is 0 Å². The summed E-state index contributed by atoms with van der Waals surface area (Å²) in [6.07, 6.45) is 2.79. The second-order valence-electron chi connectivity index (χ2n) is 5.42. The average molecular weight is 295 g/mol. The van der Waals surface area contributed by atoms with Crippen LogP contribution < -0.4 is 10.5 Å². The molecular weight excluding hydrogens is 278 g/mol. The molecule has 0 saturated heterocycles. The second kappa shape index (κ2) is 4.83. The van der Waals surface area contributed by atoms with Crippen LogP contribution in [-0.2, 0) is 15.8 Å². The van der Waals surface area contributed by atoms with Crippen LogP contribution in [0.1, 0.15) is 25.0 Å². The SMILES string of the molecule is NC1(CNS(=O)(=O)Cc2noc3ccccc23)CCC1. The molecule has 3 N–H and O–H groups in total. The summed E-state index contributed by atoms with van der Waals surface area (Å²) in [4.78, 5) is 0. The van der Waals surface area contributed by atoms with Gasteiger partial charge in [-0.05, 0) is 31.4 Å². The Labute approximate surface area is 117 Å². The molecule has 0 atom stereocenters. The highest BCUT2D eigenvalue weighted by Gasteiger charge is 2.33. The van der Waals surface area contributed by atoms with Gasteiger partial charge in [-0.1, -0.05) is 17.3 Å². The Hall–Kier alpha value is -1.44. The third-order valence-electron chi connectivity index (χ3n) is 3.77. The number of benzene rings is 1. The molecule has 7 heteroatoms. The van der Waals surface area contributed by atoms with Gasteiger partial charge < -0.3 is 10.3 Å². The summed E-state index contributed by atoms with van der Waals surface area (Å²) in [5.74, 6) is -0.194. The number of nitrogens with one attached hydrogen (secondary N) is 1. The fraction of sp³-hybridized carbons (Fsp3) is 0.462. The van der Waals surface area contributed by atoms with Crippen LogP contribution in [0.3, 0.4) is 0 Å². The van der Waals surface area contributed by atoms with E-state index in [4.69, 9.17) is 10.3 Å². The van der Waals surface area contributed by atoms with Crippen LogP contribution >= 0.6 is 0 Å². The van der Waals surface area contributed by atoms with Gasteiger partial charge in [0, 0.05) is 17.5 Å². The summed E-state index contributed by atoms with van der Waals surface area (Å²) >= 11 is 0. The lowest BCUT2D eigenvalue weighted by molar-refractivity contribution is 0.251. The third kappa shape index (κ3) is 2.70. The van der Waals surface area contributed by atoms with Crippen LogP contribution in [0.5, 0.6) is 0 Å². The normalized spacial score (nSPS) is 18.1. The number of hydrogen-bond acceptors (Lipinski definition) is 5.